The number of likely N-dealkylation sites (N-methyl/N-ethyl adjacent to an activating group) is 1. The molecule has 2 atom stereocenters. The fourth-order valence-electron chi connectivity index (χ4n) is 1.95. The number of ether oxygens (including phenoxy) is 1. The molecule has 0 aromatic rings. The Labute approximate surface area is 67.7 Å². The molecule has 0 aliphatic carbocycles. The van der Waals surface area contributed by atoms with Crippen LogP contribution < -0.4 is 5.32 Å². The number of rotatable bonds is 1. The molecule has 2 fully saturated rings. The summed E-state index contributed by atoms with van der Waals surface area (Å²) in [4.78, 5) is 2.49. The highest BCUT2D eigenvalue weighted by molar-refractivity contribution is 4.88. The van der Waals surface area contributed by atoms with E-state index in [9.17, 15) is 0 Å². The molecule has 2 aliphatic rings. The van der Waals surface area contributed by atoms with Gasteiger partial charge >= 0.3 is 0 Å². The van der Waals surface area contributed by atoms with Crippen molar-refractivity contribution in [3.8, 4) is 0 Å². The molecular weight excluding hydrogens is 140 g/mol. The second-order valence-electron chi connectivity index (χ2n) is 3.45. The Morgan fingerprint density at radius 3 is 2.55 bits per heavy atom. The third-order valence-corrected chi connectivity index (χ3v) is 2.51. The number of hydrogen-bond acceptors (Lipinski definition) is 3. The average Bonchev–Trinajstić information content (AvgIpc) is 2.03. The van der Waals surface area contributed by atoms with Crippen molar-refractivity contribution in [3.05, 3.63) is 0 Å². The van der Waals surface area contributed by atoms with E-state index >= 15 is 0 Å². The fourth-order valence-corrected chi connectivity index (χ4v) is 1.95. The highest BCUT2D eigenvalue weighted by atomic mass is 16.5. The van der Waals surface area contributed by atoms with E-state index in [1.807, 2.05) is 0 Å². The van der Waals surface area contributed by atoms with Crippen molar-refractivity contribution in [3.63, 3.8) is 0 Å². The Hall–Kier alpha value is -0.120. The van der Waals surface area contributed by atoms with Crippen LogP contribution in [0, 0.1) is 0 Å². The molecule has 2 saturated heterocycles. The smallest absolute Gasteiger partial charge is 0.0633 e. The van der Waals surface area contributed by atoms with Crippen LogP contribution >= 0.6 is 0 Å². The van der Waals surface area contributed by atoms with Crippen LogP contribution in [-0.2, 0) is 4.74 Å². The van der Waals surface area contributed by atoms with Crippen molar-refractivity contribution in [1.29, 1.82) is 0 Å². The first-order chi connectivity index (χ1) is 5.38. The summed E-state index contributed by atoms with van der Waals surface area (Å²) in [6.45, 7) is 7.51. The van der Waals surface area contributed by atoms with Crippen LogP contribution in [0.15, 0.2) is 0 Å². The van der Waals surface area contributed by atoms with Crippen molar-refractivity contribution < 1.29 is 4.74 Å². The van der Waals surface area contributed by atoms with Crippen molar-refractivity contribution >= 4 is 0 Å². The summed E-state index contributed by atoms with van der Waals surface area (Å²) in [5.74, 6) is 0. The Morgan fingerprint density at radius 2 is 2.00 bits per heavy atom. The number of nitrogens with zero attached hydrogens (tertiary/aromatic N) is 1. The second-order valence-corrected chi connectivity index (χ2v) is 3.45. The molecule has 0 amide bonds. The van der Waals surface area contributed by atoms with E-state index in [1.54, 1.807) is 0 Å². The van der Waals surface area contributed by atoms with Gasteiger partial charge in [0.2, 0.25) is 0 Å². The lowest BCUT2D eigenvalue weighted by molar-refractivity contribution is -0.00506. The lowest BCUT2D eigenvalue weighted by Crippen LogP contribution is -2.62. The van der Waals surface area contributed by atoms with E-state index < -0.39 is 0 Å². The molecule has 0 radical (unpaired) electrons. The van der Waals surface area contributed by atoms with Crippen molar-refractivity contribution in [2.24, 2.45) is 0 Å². The Kier molecular flexibility index (Phi) is 2.11. The van der Waals surface area contributed by atoms with Crippen LogP contribution in [0.4, 0.5) is 0 Å². The number of nitrogens with one attached hydrogen (secondary N) is 1. The molecule has 3 heteroatoms. The molecule has 2 heterocycles. The molecule has 0 aromatic carbocycles. The molecule has 2 bridgehead atoms. The molecule has 0 aromatic heterocycles. The van der Waals surface area contributed by atoms with Gasteiger partial charge in [0.05, 0.1) is 13.2 Å². The average molecular weight is 156 g/mol. The molecule has 3 nitrogen and oxygen atoms in total. The third-order valence-electron chi connectivity index (χ3n) is 2.51. The summed E-state index contributed by atoms with van der Waals surface area (Å²) < 4.78 is 5.44. The largest absolute Gasteiger partial charge is 0.378 e. The van der Waals surface area contributed by atoms with Crippen molar-refractivity contribution in [2.75, 3.05) is 32.8 Å². The summed E-state index contributed by atoms with van der Waals surface area (Å²) >= 11 is 0. The lowest BCUT2D eigenvalue weighted by atomic mass is 10.1. The number of fused-ring (bicyclic) bond motifs is 2. The van der Waals surface area contributed by atoms with Gasteiger partial charge in [-0.25, -0.2) is 0 Å². The van der Waals surface area contributed by atoms with Gasteiger partial charge in [0.25, 0.3) is 0 Å². The van der Waals surface area contributed by atoms with E-state index in [0.717, 1.165) is 26.3 Å². The standard InChI is InChI=1S/C8H16N2O/c1-2-10-3-7-5-11-6-8(4-10)9-7/h7-9H,2-6H2,1H3. The maximum absolute atomic E-state index is 5.44. The number of hydrogen-bond donors (Lipinski definition) is 1. The van der Waals surface area contributed by atoms with Gasteiger partial charge < -0.3 is 15.0 Å². The van der Waals surface area contributed by atoms with Crippen LogP contribution in [0.1, 0.15) is 6.92 Å². The summed E-state index contributed by atoms with van der Waals surface area (Å²) in [7, 11) is 0. The molecule has 11 heavy (non-hydrogen) atoms. The minimum Gasteiger partial charge on any atom is -0.378 e. The monoisotopic (exact) mass is 156 g/mol. The topological polar surface area (TPSA) is 24.5 Å². The van der Waals surface area contributed by atoms with Gasteiger partial charge in [-0.15, -0.1) is 0 Å². The minimum absolute atomic E-state index is 0.586. The van der Waals surface area contributed by atoms with Gasteiger partial charge in [-0.05, 0) is 6.54 Å². The first kappa shape index (κ1) is 7.53. The molecule has 2 aliphatic heterocycles. The van der Waals surface area contributed by atoms with Gasteiger partial charge in [-0.3, -0.25) is 0 Å². The Balaban J connectivity index is 1.94. The van der Waals surface area contributed by atoms with Crippen LogP contribution in [-0.4, -0.2) is 49.8 Å². The van der Waals surface area contributed by atoms with E-state index in [0.29, 0.717) is 12.1 Å². The maximum atomic E-state index is 5.44. The highest BCUT2D eigenvalue weighted by Crippen LogP contribution is 2.09. The minimum atomic E-state index is 0.586. The normalized spacial score (nSPS) is 39.0. The third kappa shape index (κ3) is 1.55. The second kappa shape index (κ2) is 3.09. The van der Waals surface area contributed by atoms with Gasteiger partial charge in [0.1, 0.15) is 0 Å². The lowest BCUT2D eigenvalue weighted by Gasteiger charge is -2.41. The van der Waals surface area contributed by atoms with E-state index in [2.05, 4.69) is 17.1 Å². The highest BCUT2D eigenvalue weighted by Gasteiger charge is 2.29. The van der Waals surface area contributed by atoms with Crippen molar-refractivity contribution in [2.45, 2.75) is 19.0 Å². The quantitative estimate of drug-likeness (QED) is 0.563. The van der Waals surface area contributed by atoms with E-state index in [-0.39, 0.29) is 0 Å². The van der Waals surface area contributed by atoms with Gasteiger partial charge in [-0.2, -0.15) is 0 Å². The zero-order valence-corrected chi connectivity index (χ0v) is 7.05. The Morgan fingerprint density at radius 1 is 1.36 bits per heavy atom. The van der Waals surface area contributed by atoms with E-state index in [4.69, 9.17) is 4.74 Å². The van der Waals surface area contributed by atoms with E-state index in [1.165, 1.54) is 6.54 Å². The number of morpholine rings is 1. The molecule has 0 saturated carbocycles. The van der Waals surface area contributed by atoms with Gasteiger partial charge in [0, 0.05) is 25.2 Å². The summed E-state index contributed by atoms with van der Waals surface area (Å²) in [5, 5.41) is 3.55. The molecule has 0 spiro atoms. The summed E-state index contributed by atoms with van der Waals surface area (Å²) in [6, 6.07) is 1.17. The van der Waals surface area contributed by atoms with Gasteiger partial charge in [-0.1, -0.05) is 6.92 Å². The SMILES string of the molecule is CCN1CC2COCC(C1)N2. The predicted molar refractivity (Wildman–Crippen MR) is 43.6 cm³/mol. The first-order valence-electron chi connectivity index (χ1n) is 4.44. The predicted octanol–water partition coefficient (Wildman–Crippen LogP) is -0.321. The zero-order valence-electron chi connectivity index (χ0n) is 7.05. The summed E-state index contributed by atoms with van der Waals surface area (Å²) in [5.41, 5.74) is 0. The molecule has 1 N–H and O–H groups in total. The van der Waals surface area contributed by atoms with Crippen molar-refractivity contribution in [1.82, 2.24) is 10.2 Å². The zero-order chi connectivity index (χ0) is 7.68. The fraction of sp³-hybridized carbons (Fsp3) is 1.00. The molecule has 2 unspecified atom stereocenters. The van der Waals surface area contributed by atoms with Gasteiger partial charge in [0.15, 0.2) is 0 Å². The van der Waals surface area contributed by atoms with Crippen LogP contribution in [0.5, 0.6) is 0 Å². The van der Waals surface area contributed by atoms with Crippen LogP contribution in [0.3, 0.4) is 0 Å². The Bertz CT molecular complexity index is 128. The maximum Gasteiger partial charge on any atom is 0.0633 e. The molecular formula is C8H16N2O. The van der Waals surface area contributed by atoms with Crippen LogP contribution in [0.2, 0.25) is 0 Å². The summed E-state index contributed by atoms with van der Waals surface area (Å²) in [6.07, 6.45) is 0. The molecule has 2 rings (SSSR count). The first-order valence-corrected chi connectivity index (χ1v) is 4.44. The van der Waals surface area contributed by atoms with Crippen LogP contribution in [0.25, 0.3) is 0 Å². The number of piperazine rings is 1. The molecule has 64 valence electrons.